The quantitative estimate of drug-likeness (QED) is 0.285. The molecule has 1 unspecified atom stereocenters. The molecule has 4 heteroatoms. The summed E-state index contributed by atoms with van der Waals surface area (Å²) in [6, 6.07) is 37.2. The molecule has 0 fully saturated rings. The van der Waals surface area contributed by atoms with E-state index in [1.807, 2.05) is 60.9 Å². The highest BCUT2D eigenvalue weighted by Crippen LogP contribution is 2.30. The van der Waals surface area contributed by atoms with Gasteiger partial charge in [-0.15, -0.1) is 0 Å². The van der Waals surface area contributed by atoms with Crippen LogP contribution in [0.2, 0.25) is 0 Å². The van der Waals surface area contributed by atoms with Crippen molar-refractivity contribution in [3.63, 3.8) is 0 Å². The zero-order valence-electron chi connectivity index (χ0n) is 19.6. The van der Waals surface area contributed by atoms with Gasteiger partial charge in [0.1, 0.15) is 5.65 Å². The van der Waals surface area contributed by atoms with E-state index in [1.165, 1.54) is 11.1 Å². The Kier molecular flexibility index (Phi) is 7.00. The Hall–Kier alpha value is -4.18. The molecule has 2 heterocycles. The maximum absolute atomic E-state index is 13.2. The van der Waals surface area contributed by atoms with E-state index in [0.717, 1.165) is 23.3 Å². The van der Waals surface area contributed by atoms with Gasteiger partial charge in [0.05, 0.1) is 5.69 Å². The first-order valence-electron chi connectivity index (χ1n) is 12.1. The number of amides is 1. The van der Waals surface area contributed by atoms with E-state index >= 15 is 0 Å². The van der Waals surface area contributed by atoms with Crippen LogP contribution in [-0.2, 0) is 4.79 Å². The van der Waals surface area contributed by atoms with Gasteiger partial charge < -0.3 is 9.72 Å². The van der Waals surface area contributed by atoms with Gasteiger partial charge in [-0.1, -0.05) is 97.1 Å². The summed E-state index contributed by atoms with van der Waals surface area (Å²) in [6.45, 7) is 0.613. The lowest BCUT2D eigenvalue weighted by Gasteiger charge is -2.20. The van der Waals surface area contributed by atoms with Gasteiger partial charge in [0.25, 0.3) is 0 Å². The van der Waals surface area contributed by atoms with Gasteiger partial charge in [-0.25, -0.2) is 4.98 Å². The zero-order chi connectivity index (χ0) is 23.9. The fourth-order valence-electron chi connectivity index (χ4n) is 4.80. The number of pyridine rings is 1. The molecule has 35 heavy (non-hydrogen) atoms. The van der Waals surface area contributed by atoms with Crippen molar-refractivity contribution in [2.24, 2.45) is 0 Å². The van der Waals surface area contributed by atoms with Crippen LogP contribution in [0.4, 0.5) is 0 Å². The molecule has 0 saturated heterocycles. The Bertz CT molecular complexity index is 1320. The fourth-order valence-corrected chi connectivity index (χ4v) is 4.80. The van der Waals surface area contributed by atoms with Gasteiger partial charge in [0.15, 0.2) is 0 Å². The second kappa shape index (κ2) is 10.8. The van der Waals surface area contributed by atoms with Gasteiger partial charge in [-0.05, 0) is 35.2 Å². The first-order chi connectivity index (χ1) is 17.3. The van der Waals surface area contributed by atoms with Crippen LogP contribution >= 0.6 is 0 Å². The first-order valence-corrected chi connectivity index (χ1v) is 12.1. The number of nitrogens with zero attached hydrogens (tertiary/aromatic N) is 2. The Morgan fingerprint density at radius 3 is 1.86 bits per heavy atom. The summed E-state index contributed by atoms with van der Waals surface area (Å²) in [7, 11) is 0. The summed E-state index contributed by atoms with van der Waals surface area (Å²) in [5.41, 5.74) is 5.55. The molecule has 1 atom stereocenters. The first kappa shape index (κ1) is 22.6. The van der Waals surface area contributed by atoms with Crippen molar-refractivity contribution < 1.29 is 4.79 Å². The second-order valence-corrected chi connectivity index (χ2v) is 8.79. The van der Waals surface area contributed by atoms with E-state index in [-0.39, 0.29) is 17.7 Å². The molecule has 0 saturated carbocycles. The van der Waals surface area contributed by atoms with Crippen LogP contribution in [0, 0.1) is 0 Å². The third-order valence-electron chi connectivity index (χ3n) is 6.55. The lowest BCUT2D eigenvalue weighted by Crippen LogP contribution is -2.27. The normalized spacial score (nSPS) is 12.0. The number of hydrogen-bond donors (Lipinski definition) is 1. The van der Waals surface area contributed by atoms with Crippen LogP contribution in [-0.4, -0.2) is 21.8 Å². The minimum atomic E-state index is -0.0763. The molecular weight excluding hydrogens is 430 g/mol. The molecule has 0 bridgehead atoms. The molecule has 0 radical (unpaired) electrons. The van der Waals surface area contributed by atoms with Gasteiger partial charge in [-0.2, -0.15) is 0 Å². The summed E-state index contributed by atoms with van der Waals surface area (Å²) in [5, 5.41) is 3.19. The predicted molar refractivity (Wildman–Crippen MR) is 140 cm³/mol. The van der Waals surface area contributed by atoms with E-state index in [9.17, 15) is 4.79 Å². The largest absolute Gasteiger partial charge is 0.356 e. The lowest BCUT2D eigenvalue weighted by molar-refractivity contribution is -0.121. The van der Waals surface area contributed by atoms with Crippen molar-refractivity contribution in [1.29, 1.82) is 0 Å². The molecule has 0 spiro atoms. The molecule has 1 N–H and O–H groups in total. The Morgan fingerprint density at radius 2 is 1.26 bits per heavy atom. The van der Waals surface area contributed by atoms with Crippen molar-refractivity contribution in [3.05, 3.63) is 144 Å². The van der Waals surface area contributed by atoms with Gasteiger partial charge in [0.2, 0.25) is 5.91 Å². The number of fused-ring (bicyclic) bond motifs is 1. The fraction of sp³-hybridized carbons (Fsp3) is 0.161. The molecule has 3 aromatic carbocycles. The molecule has 1 amide bonds. The predicted octanol–water partition coefficient (Wildman–Crippen LogP) is 6.19. The average molecular weight is 460 g/mol. The molecule has 0 aliphatic carbocycles. The van der Waals surface area contributed by atoms with Crippen molar-refractivity contribution in [2.75, 3.05) is 6.54 Å². The van der Waals surface area contributed by atoms with E-state index in [1.54, 1.807) is 0 Å². The molecular formula is C31H29N3O. The van der Waals surface area contributed by atoms with Crippen LogP contribution in [0.25, 0.3) is 5.65 Å². The van der Waals surface area contributed by atoms with Crippen molar-refractivity contribution in [1.82, 2.24) is 14.7 Å². The number of nitrogens with one attached hydrogen (secondary N) is 1. The van der Waals surface area contributed by atoms with Crippen molar-refractivity contribution in [3.8, 4) is 0 Å². The number of carbonyl (C=O) groups excluding carboxylic acids is 1. The number of benzene rings is 3. The molecule has 2 aromatic heterocycles. The van der Waals surface area contributed by atoms with E-state index < -0.39 is 0 Å². The van der Waals surface area contributed by atoms with Crippen molar-refractivity contribution >= 4 is 11.6 Å². The molecule has 5 rings (SSSR count). The lowest BCUT2D eigenvalue weighted by atomic mass is 9.88. The number of imidazole rings is 1. The second-order valence-electron chi connectivity index (χ2n) is 8.79. The van der Waals surface area contributed by atoms with E-state index in [4.69, 9.17) is 0 Å². The number of hydrogen-bond acceptors (Lipinski definition) is 2. The topological polar surface area (TPSA) is 46.4 Å². The van der Waals surface area contributed by atoms with Gasteiger partial charge >= 0.3 is 0 Å². The number of carbonyl (C=O) groups is 1. The number of rotatable bonds is 9. The van der Waals surface area contributed by atoms with Crippen LogP contribution in [0.5, 0.6) is 0 Å². The van der Waals surface area contributed by atoms with Crippen LogP contribution in [0.1, 0.15) is 47.1 Å². The molecule has 174 valence electrons. The maximum atomic E-state index is 13.2. The van der Waals surface area contributed by atoms with Gasteiger partial charge in [-0.3, -0.25) is 4.79 Å². The van der Waals surface area contributed by atoms with Gasteiger partial charge in [0, 0.05) is 37.2 Å². The molecule has 0 aliphatic rings. The summed E-state index contributed by atoms with van der Waals surface area (Å²) in [4.78, 5) is 17.7. The number of aromatic nitrogens is 2. The van der Waals surface area contributed by atoms with E-state index in [2.05, 4.69) is 75.4 Å². The minimum absolute atomic E-state index is 0.0459. The monoisotopic (exact) mass is 459 g/mol. The maximum Gasteiger partial charge on any atom is 0.221 e. The highest BCUT2D eigenvalue weighted by Gasteiger charge is 2.22. The zero-order valence-corrected chi connectivity index (χ0v) is 19.6. The summed E-state index contributed by atoms with van der Waals surface area (Å²) in [6.07, 6.45) is 5.11. The third-order valence-corrected chi connectivity index (χ3v) is 6.55. The molecule has 0 aliphatic heterocycles. The summed E-state index contributed by atoms with van der Waals surface area (Å²) < 4.78 is 2.08. The molecule has 4 nitrogen and oxygen atoms in total. The minimum Gasteiger partial charge on any atom is -0.356 e. The Labute approximate surface area is 206 Å². The molecule has 5 aromatic rings. The van der Waals surface area contributed by atoms with Crippen LogP contribution in [0.15, 0.2) is 122 Å². The van der Waals surface area contributed by atoms with Crippen molar-refractivity contribution in [2.45, 2.75) is 24.7 Å². The van der Waals surface area contributed by atoms with E-state index in [0.29, 0.717) is 13.0 Å². The standard InChI is InChI=1S/C31H29N3O/c35-31(32-20-19-27(24-12-4-1-5-13-24)25-14-6-2-7-15-25)22-28(26-16-8-3-9-17-26)29-23-33-30-18-10-11-21-34(29)30/h1-18,21,23,27-28H,19-20,22H2,(H,32,35). The highest BCUT2D eigenvalue weighted by atomic mass is 16.1. The Balaban J connectivity index is 1.31. The Morgan fingerprint density at radius 1 is 0.714 bits per heavy atom. The summed E-state index contributed by atoms with van der Waals surface area (Å²) >= 11 is 0. The van der Waals surface area contributed by atoms with Crippen LogP contribution < -0.4 is 5.32 Å². The SMILES string of the molecule is O=C(CC(c1ccccc1)c1cnc2ccccn12)NCCC(c1ccccc1)c1ccccc1. The average Bonchev–Trinajstić information content (AvgIpc) is 3.35. The van der Waals surface area contributed by atoms with Crippen LogP contribution in [0.3, 0.4) is 0 Å². The summed E-state index contributed by atoms with van der Waals surface area (Å²) in [5.74, 6) is 0.207. The third kappa shape index (κ3) is 5.33. The highest BCUT2D eigenvalue weighted by molar-refractivity contribution is 5.77. The smallest absolute Gasteiger partial charge is 0.221 e.